The fraction of sp³-hybridized carbons (Fsp3) is 0.333. The summed E-state index contributed by atoms with van der Waals surface area (Å²) in [6.45, 7) is 3.27. The van der Waals surface area contributed by atoms with Crippen molar-refractivity contribution < 1.29 is 0 Å². The molecule has 0 amide bonds. The molecule has 2 heteroatoms. The topological polar surface area (TPSA) is 3.24 Å². The van der Waals surface area contributed by atoms with Crippen molar-refractivity contribution in [2.45, 2.75) is 6.92 Å². The standard InChI is InChI=1S/C6H10BN/c1-2-8-6-4-3-5-7-8/h3-7H,2H2,1H3. The van der Waals surface area contributed by atoms with E-state index < -0.39 is 0 Å². The Kier molecular flexibility index (Phi) is 1.78. The fourth-order valence-corrected chi connectivity index (χ4v) is 0.742. The van der Waals surface area contributed by atoms with Gasteiger partial charge in [-0.2, -0.15) is 0 Å². The largest absolute Gasteiger partial charge is 0.420 e. The van der Waals surface area contributed by atoms with Gasteiger partial charge in [0.15, 0.2) is 0 Å². The summed E-state index contributed by atoms with van der Waals surface area (Å²) >= 11 is 0. The van der Waals surface area contributed by atoms with E-state index in [-0.39, 0.29) is 0 Å². The SMILES string of the molecule is CCN1BC=CC=C1. The molecule has 8 heavy (non-hydrogen) atoms. The zero-order chi connectivity index (χ0) is 5.82. The van der Waals surface area contributed by atoms with Gasteiger partial charge in [0, 0.05) is 6.54 Å². The van der Waals surface area contributed by atoms with E-state index in [4.69, 9.17) is 0 Å². The zero-order valence-corrected chi connectivity index (χ0v) is 5.17. The molecular weight excluding hydrogens is 96.9 g/mol. The van der Waals surface area contributed by atoms with Crippen LogP contribution in [0, 0.1) is 0 Å². The Morgan fingerprint density at radius 3 is 2.75 bits per heavy atom. The van der Waals surface area contributed by atoms with Crippen LogP contribution in [-0.2, 0) is 0 Å². The van der Waals surface area contributed by atoms with Crippen molar-refractivity contribution in [2.75, 3.05) is 6.54 Å². The highest BCUT2D eigenvalue weighted by molar-refractivity contribution is 6.39. The van der Waals surface area contributed by atoms with Gasteiger partial charge in [-0.3, -0.25) is 0 Å². The molecule has 0 bridgehead atoms. The first-order valence-electron chi connectivity index (χ1n) is 3.01. The molecule has 1 aliphatic heterocycles. The highest BCUT2D eigenvalue weighted by atomic mass is 15.0. The number of hydrogen-bond acceptors (Lipinski definition) is 1. The smallest absolute Gasteiger partial charge is 0.261 e. The molecule has 0 saturated heterocycles. The summed E-state index contributed by atoms with van der Waals surface area (Å²) in [5.74, 6) is 2.16. The van der Waals surface area contributed by atoms with Crippen molar-refractivity contribution in [1.29, 1.82) is 0 Å². The summed E-state index contributed by atoms with van der Waals surface area (Å²) in [6, 6.07) is 0. The average molecular weight is 107 g/mol. The molecule has 1 aliphatic rings. The normalized spacial score (nSPS) is 16.4. The van der Waals surface area contributed by atoms with Crippen molar-refractivity contribution in [3.05, 3.63) is 24.3 Å². The Hall–Kier alpha value is -0.655. The second kappa shape index (κ2) is 2.60. The lowest BCUT2D eigenvalue weighted by Crippen LogP contribution is -2.21. The van der Waals surface area contributed by atoms with Gasteiger partial charge in [0.25, 0.3) is 7.41 Å². The summed E-state index contributed by atoms with van der Waals surface area (Å²) in [7, 11) is 1.08. The molecule has 0 N–H and O–H groups in total. The van der Waals surface area contributed by atoms with Gasteiger partial charge in [-0.1, -0.05) is 12.1 Å². The molecular formula is C6H10BN. The minimum Gasteiger partial charge on any atom is -0.420 e. The van der Waals surface area contributed by atoms with Crippen LogP contribution in [0.5, 0.6) is 0 Å². The number of nitrogens with zero attached hydrogens (tertiary/aromatic N) is 1. The average Bonchev–Trinajstić information content (AvgIpc) is 1.90. The third-order valence-electron chi connectivity index (χ3n) is 1.29. The second-order valence-electron chi connectivity index (χ2n) is 1.86. The van der Waals surface area contributed by atoms with Crippen LogP contribution in [0.3, 0.4) is 0 Å². The van der Waals surface area contributed by atoms with Crippen LogP contribution >= 0.6 is 0 Å². The molecule has 0 fully saturated rings. The Balaban J connectivity index is 2.40. The van der Waals surface area contributed by atoms with E-state index in [1.165, 1.54) is 0 Å². The lowest BCUT2D eigenvalue weighted by molar-refractivity contribution is 0.627. The summed E-state index contributed by atoms with van der Waals surface area (Å²) in [4.78, 5) is 2.25. The van der Waals surface area contributed by atoms with Crippen molar-refractivity contribution >= 4 is 7.41 Å². The van der Waals surface area contributed by atoms with Gasteiger partial charge in [-0.15, -0.1) is 0 Å². The molecule has 0 atom stereocenters. The molecule has 1 heterocycles. The van der Waals surface area contributed by atoms with Crippen LogP contribution < -0.4 is 0 Å². The third kappa shape index (κ3) is 1.16. The molecule has 0 aromatic rings. The highest BCUT2D eigenvalue weighted by Crippen LogP contribution is 1.93. The van der Waals surface area contributed by atoms with E-state index in [1.807, 2.05) is 0 Å². The fourth-order valence-electron chi connectivity index (χ4n) is 0.742. The molecule has 0 unspecified atom stereocenters. The lowest BCUT2D eigenvalue weighted by atomic mass is 9.89. The molecule has 42 valence electrons. The molecule has 0 aliphatic carbocycles. The highest BCUT2D eigenvalue weighted by Gasteiger charge is 1.94. The molecule has 0 spiro atoms. The molecule has 1 rings (SSSR count). The Morgan fingerprint density at radius 2 is 2.38 bits per heavy atom. The summed E-state index contributed by atoms with van der Waals surface area (Å²) in [5.41, 5.74) is 0. The maximum Gasteiger partial charge on any atom is 0.261 e. The summed E-state index contributed by atoms with van der Waals surface area (Å²) < 4.78 is 0. The van der Waals surface area contributed by atoms with Crippen LogP contribution in [0.2, 0.25) is 0 Å². The predicted octanol–water partition coefficient (Wildman–Crippen LogP) is 0.701. The molecule has 0 saturated carbocycles. The number of allylic oxidation sites excluding steroid dienone is 2. The van der Waals surface area contributed by atoms with Crippen LogP contribution in [0.15, 0.2) is 24.3 Å². The zero-order valence-electron chi connectivity index (χ0n) is 5.17. The van der Waals surface area contributed by atoms with E-state index in [9.17, 15) is 0 Å². The first kappa shape index (κ1) is 5.48. The van der Waals surface area contributed by atoms with E-state index in [2.05, 4.69) is 36.1 Å². The minimum atomic E-state index is 1.08. The Labute approximate surface area is 50.9 Å². The summed E-state index contributed by atoms with van der Waals surface area (Å²) in [5, 5.41) is 0. The Morgan fingerprint density at radius 1 is 1.50 bits per heavy atom. The summed E-state index contributed by atoms with van der Waals surface area (Å²) in [6.07, 6.45) is 6.25. The van der Waals surface area contributed by atoms with E-state index in [1.54, 1.807) is 0 Å². The van der Waals surface area contributed by atoms with Crippen LogP contribution in [0.4, 0.5) is 0 Å². The van der Waals surface area contributed by atoms with Gasteiger partial charge >= 0.3 is 0 Å². The molecule has 0 aromatic carbocycles. The molecule has 0 radical (unpaired) electrons. The number of rotatable bonds is 1. The van der Waals surface area contributed by atoms with Crippen molar-refractivity contribution in [3.63, 3.8) is 0 Å². The van der Waals surface area contributed by atoms with Crippen LogP contribution in [0.1, 0.15) is 6.92 Å². The quantitative estimate of drug-likeness (QED) is 0.446. The lowest BCUT2D eigenvalue weighted by Gasteiger charge is -2.16. The van der Waals surface area contributed by atoms with Gasteiger partial charge in [-0.05, 0) is 19.2 Å². The van der Waals surface area contributed by atoms with Gasteiger partial charge in [-0.25, -0.2) is 0 Å². The van der Waals surface area contributed by atoms with Gasteiger partial charge in [0.2, 0.25) is 0 Å². The minimum absolute atomic E-state index is 1.08. The second-order valence-corrected chi connectivity index (χ2v) is 1.86. The molecule has 1 nitrogen and oxygen atoms in total. The van der Waals surface area contributed by atoms with Gasteiger partial charge < -0.3 is 4.81 Å². The monoisotopic (exact) mass is 107 g/mol. The van der Waals surface area contributed by atoms with Crippen LogP contribution in [0.25, 0.3) is 0 Å². The maximum absolute atomic E-state index is 2.25. The number of hydrogen-bond donors (Lipinski definition) is 0. The van der Waals surface area contributed by atoms with E-state index in [0.717, 1.165) is 14.0 Å². The van der Waals surface area contributed by atoms with Crippen molar-refractivity contribution in [2.24, 2.45) is 0 Å². The molecule has 0 aromatic heterocycles. The first-order valence-corrected chi connectivity index (χ1v) is 3.01. The van der Waals surface area contributed by atoms with Gasteiger partial charge in [0.05, 0.1) is 0 Å². The Bertz CT molecular complexity index is 118. The van der Waals surface area contributed by atoms with Crippen LogP contribution in [-0.4, -0.2) is 18.8 Å². The van der Waals surface area contributed by atoms with Gasteiger partial charge in [0.1, 0.15) is 0 Å². The predicted molar refractivity (Wildman–Crippen MR) is 37.8 cm³/mol. The first-order chi connectivity index (χ1) is 3.93. The maximum atomic E-state index is 2.25. The van der Waals surface area contributed by atoms with Crippen molar-refractivity contribution in [1.82, 2.24) is 4.81 Å². The third-order valence-corrected chi connectivity index (χ3v) is 1.29. The van der Waals surface area contributed by atoms with Crippen molar-refractivity contribution in [3.8, 4) is 0 Å². The van der Waals surface area contributed by atoms with E-state index in [0.29, 0.717) is 0 Å². The van der Waals surface area contributed by atoms with E-state index >= 15 is 0 Å².